The Morgan fingerprint density at radius 1 is 1.35 bits per heavy atom. The molecular formula is C13H17ClO2S. The van der Waals surface area contributed by atoms with Gasteiger partial charge in [0.15, 0.2) is 0 Å². The van der Waals surface area contributed by atoms with E-state index in [9.17, 15) is 8.42 Å². The van der Waals surface area contributed by atoms with E-state index in [0.717, 1.165) is 6.42 Å². The Kier molecular flexibility index (Phi) is 3.79. The lowest BCUT2D eigenvalue weighted by molar-refractivity contribution is 0.519. The zero-order valence-corrected chi connectivity index (χ0v) is 11.5. The number of rotatable bonds is 4. The minimum Gasteiger partial charge on any atom is -0.229 e. The molecule has 0 aromatic heterocycles. The fraction of sp³-hybridized carbons (Fsp3) is 0.538. The Labute approximate surface area is 108 Å². The molecule has 0 heterocycles. The second-order valence-electron chi connectivity index (χ2n) is 4.59. The molecule has 0 bridgehead atoms. The number of halogens is 1. The smallest absolute Gasteiger partial charge is 0.150 e. The molecule has 17 heavy (non-hydrogen) atoms. The van der Waals surface area contributed by atoms with Crippen LogP contribution < -0.4 is 0 Å². The second kappa shape index (κ2) is 4.99. The Morgan fingerprint density at radius 2 is 2.06 bits per heavy atom. The lowest BCUT2D eigenvalue weighted by Gasteiger charge is -2.13. The highest BCUT2D eigenvalue weighted by molar-refractivity contribution is 7.91. The van der Waals surface area contributed by atoms with Crippen LogP contribution in [0.3, 0.4) is 0 Å². The molecule has 0 N–H and O–H groups in total. The first-order valence-corrected chi connectivity index (χ1v) is 8.21. The number of alkyl halides is 1. The molecule has 4 heteroatoms. The quantitative estimate of drug-likeness (QED) is 0.790. The van der Waals surface area contributed by atoms with Crippen LogP contribution in [-0.4, -0.2) is 19.9 Å². The molecule has 0 spiro atoms. The van der Waals surface area contributed by atoms with E-state index in [0.29, 0.717) is 6.42 Å². The maximum atomic E-state index is 11.5. The van der Waals surface area contributed by atoms with Crippen molar-refractivity contribution >= 4 is 21.4 Å². The Bertz CT molecular complexity index is 496. The molecule has 0 fully saturated rings. The molecule has 0 aliphatic heterocycles. The predicted molar refractivity (Wildman–Crippen MR) is 71.2 cm³/mol. The van der Waals surface area contributed by atoms with E-state index in [1.54, 1.807) is 6.92 Å². The summed E-state index contributed by atoms with van der Waals surface area (Å²) in [6.07, 6.45) is 1.57. The molecule has 2 unspecified atom stereocenters. The molecule has 0 amide bonds. The van der Waals surface area contributed by atoms with E-state index in [1.807, 2.05) is 18.2 Å². The van der Waals surface area contributed by atoms with Crippen LogP contribution in [0.15, 0.2) is 24.3 Å². The lowest BCUT2D eigenvalue weighted by Crippen LogP contribution is -2.14. The van der Waals surface area contributed by atoms with Gasteiger partial charge >= 0.3 is 0 Å². The minimum absolute atomic E-state index is 0.0294. The average molecular weight is 273 g/mol. The van der Waals surface area contributed by atoms with Crippen LogP contribution in [0.1, 0.15) is 29.8 Å². The number of sulfone groups is 1. The van der Waals surface area contributed by atoms with Gasteiger partial charge in [0.05, 0.1) is 11.1 Å². The topological polar surface area (TPSA) is 34.1 Å². The van der Waals surface area contributed by atoms with Crippen LogP contribution in [-0.2, 0) is 16.3 Å². The van der Waals surface area contributed by atoms with E-state index < -0.39 is 9.84 Å². The maximum Gasteiger partial charge on any atom is 0.150 e. The number of hydrogen-bond acceptors (Lipinski definition) is 2. The third-order valence-electron chi connectivity index (χ3n) is 3.49. The van der Waals surface area contributed by atoms with Crippen molar-refractivity contribution in [2.45, 2.75) is 25.1 Å². The van der Waals surface area contributed by atoms with Crippen LogP contribution in [0.4, 0.5) is 0 Å². The highest BCUT2D eigenvalue weighted by Crippen LogP contribution is 2.42. The fourth-order valence-corrected chi connectivity index (χ4v) is 3.73. The van der Waals surface area contributed by atoms with E-state index in [2.05, 4.69) is 6.07 Å². The van der Waals surface area contributed by atoms with Gasteiger partial charge in [-0.05, 0) is 29.9 Å². The molecule has 2 nitrogen and oxygen atoms in total. The first kappa shape index (κ1) is 12.9. The van der Waals surface area contributed by atoms with Gasteiger partial charge in [-0.2, -0.15) is 0 Å². The molecular weight excluding hydrogens is 256 g/mol. The fourth-order valence-electron chi connectivity index (χ4n) is 2.35. The van der Waals surface area contributed by atoms with Crippen LogP contribution >= 0.6 is 11.6 Å². The molecule has 94 valence electrons. The highest BCUT2D eigenvalue weighted by Gasteiger charge is 2.31. The summed E-state index contributed by atoms with van der Waals surface area (Å²) in [5, 5.41) is -0.0294. The number of fused-ring (bicyclic) bond motifs is 1. The molecule has 1 aliphatic rings. The van der Waals surface area contributed by atoms with Crippen molar-refractivity contribution in [3.8, 4) is 0 Å². The lowest BCUT2D eigenvalue weighted by atomic mass is 10.0. The molecule has 0 saturated heterocycles. The van der Waals surface area contributed by atoms with Gasteiger partial charge in [0.25, 0.3) is 0 Å². The minimum atomic E-state index is -2.88. The third kappa shape index (κ3) is 2.83. The Morgan fingerprint density at radius 3 is 2.71 bits per heavy atom. The summed E-state index contributed by atoms with van der Waals surface area (Å²) in [5.41, 5.74) is 2.44. The summed E-state index contributed by atoms with van der Waals surface area (Å²) in [7, 11) is -2.88. The van der Waals surface area contributed by atoms with Gasteiger partial charge in [-0.15, -0.1) is 11.6 Å². The van der Waals surface area contributed by atoms with E-state index >= 15 is 0 Å². The van der Waals surface area contributed by atoms with Gasteiger partial charge in [-0.25, -0.2) is 8.42 Å². The Balaban J connectivity index is 2.03. The predicted octanol–water partition coefficient (Wildman–Crippen LogP) is 2.96. The van der Waals surface area contributed by atoms with Gasteiger partial charge in [-0.3, -0.25) is 0 Å². The third-order valence-corrected chi connectivity index (χ3v) is 5.82. The molecule has 0 saturated carbocycles. The van der Waals surface area contributed by atoms with E-state index in [-0.39, 0.29) is 22.8 Å². The first-order valence-electron chi connectivity index (χ1n) is 5.96. The molecule has 1 aromatic rings. The SMILES string of the molecule is CCS(=O)(=O)CCC1Cc2ccccc2C1Cl. The molecule has 0 radical (unpaired) electrons. The zero-order chi connectivity index (χ0) is 12.5. The molecule has 1 aromatic carbocycles. The summed E-state index contributed by atoms with van der Waals surface area (Å²) >= 11 is 6.39. The van der Waals surface area contributed by atoms with Gasteiger partial charge in [0, 0.05) is 5.75 Å². The largest absolute Gasteiger partial charge is 0.229 e. The summed E-state index contributed by atoms with van der Waals surface area (Å²) in [6, 6.07) is 8.12. The van der Waals surface area contributed by atoms with Crippen LogP contribution in [0.2, 0.25) is 0 Å². The highest BCUT2D eigenvalue weighted by atomic mass is 35.5. The average Bonchev–Trinajstić information content (AvgIpc) is 2.65. The van der Waals surface area contributed by atoms with Crippen LogP contribution in [0, 0.1) is 5.92 Å². The van der Waals surface area contributed by atoms with Crippen molar-refractivity contribution < 1.29 is 8.42 Å². The first-order chi connectivity index (χ1) is 8.03. The van der Waals surface area contributed by atoms with Crippen molar-refractivity contribution in [1.82, 2.24) is 0 Å². The number of benzene rings is 1. The maximum absolute atomic E-state index is 11.5. The van der Waals surface area contributed by atoms with Crippen LogP contribution in [0.5, 0.6) is 0 Å². The van der Waals surface area contributed by atoms with Gasteiger partial charge < -0.3 is 0 Å². The normalized spacial score (nSPS) is 23.6. The monoisotopic (exact) mass is 272 g/mol. The van der Waals surface area contributed by atoms with Crippen molar-refractivity contribution in [1.29, 1.82) is 0 Å². The summed E-state index contributed by atoms with van der Waals surface area (Å²) in [6.45, 7) is 1.69. The zero-order valence-electron chi connectivity index (χ0n) is 9.90. The van der Waals surface area contributed by atoms with Gasteiger partial charge in [0.2, 0.25) is 0 Å². The van der Waals surface area contributed by atoms with Crippen molar-refractivity contribution in [3.05, 3.63) is 35.4 Å². The second-order valence-corrected chi connectivity index (χ2v) is 7.53. The summed E-state index contributed by atoms with van der Waals surface area (Å²) in [5.74, 6) is 0.737. The van der Waals surface area contributed by atoms with Crippen molar-refractivity contribution in [3.63, 3.8) is 0 Å². The van der Waals surface area contributed by atoms with E-state index in [4.69, 9.17) is 11.6 Å². The number of hydrogen-bond donors (Lipinski definition) is 0. The van der Waals surface area contributed by atoms with Gasteiger partial charge in [0.1, 0.15) is 9.84 Å². The standard InChI is InChI=1S/C13H17ClO2S/c1-2-17(15,16)8-7-11-9-10-5-3-4-6-12(10)13(11)14/h3-6,11,13H,2,7-9H2,1H3. The van der Waals surface area contributed by atoms with E-state index in [1.165, 1.54) is 11.1 Å². The molecule has 2 rings (SSSR count). The van der Waals surface area contributed by atoms with Crippen molar-refractivity contribution in [2.75, 3.05) is 11.5 Å². The molecule has 2 atom stereocenters. The Hall–Kier alpha value is -0.540. The van der Waals surface area contributed by atoms with Crippen LogP contribution in [0.25, 0.3) is 0 Å². The van der Waals surface area contributed by atoms with Gasteiger partial charge in [-0.1, -0.05) is 31.2 Å². The summed E-state index contributed by atoms with van der Waals surface area (Å²) < 4.78 is 23.0. The van der Waals surface area contributed by atoms with Crippen molar-refractivity contribution in [2.24, 2.45) is 5.92 Å². The summed E-state index contributed by atoms with van der Waals surface area (Å²) in [4.78, 5) is 0. The molecule has 1 aliphatic carbocycles.